The normalized spacial score (nSPS) is 21.9. The molecule has 1 aromatic carbocycles. The van der Waals surface area contributed by atoms with Crippen molar-refractivity contribution in [2.75, 3.05) is 13.6 Å². The summed E-state index contributed by atoms with van der Waals surface area (Å²) in [5, 5.41) is 9.18. The summed E-state index contributed by atoms with van der Waals surface area (Å²) in [4.78, 5) is 13.5. The smallest absolute Gasteiger partial charge is 0.226 e. The number of carbonyl (C=O) groups excluding carboxylic acids is 1. The lowest BCUT2D eigenvalue weighted by Gasteiger charge is -2.34. The van der Waals surface area contributed by atoms with Crippen LogP contribution >= 0.6 is 0 Å². The van der Waals surface area contributed by atoms with Crippen LogP contribution in [0.5, 0.6) is 0 Å². The number of carbonyl (C=O) groups is 1. The summed E-state index contributed by atoms with van der Waals surface area (Å²) in [6.07, 6.45) is 1.27. The fraction of sp³-hybridized carbons (Fsp3) is 0.500. The Labute approximate surface area is 110 Å². The number of rotatable bonds is 4. The molecule has 0 radical (unpaired) electrons. The van der Waals surface area contributed by atoms with Crippen LogP contribution in [0.3, 0.4) is 0 Å². The Bertz CT molecular complexity index is 473. The number of halogens is 2. The van der Waals surface area contributed by atoms with Crippen molar-refractivity contribution in [2.24, 2.45) is 5.92 Å². The summed E-state index contributed by atoms with van der Waals surface area (Å²) < 4.78 is 25.8. The minimum absolute atomic E-state index is 0.0585. The van der Waals surface area contributed by atoms with Crippen LogP contribution in [0.2, 0.25) is 0 Å². The number of benzene rings is 1. The number of amides is 1. The van der Waals surface area contributed by atoms with E-state index in [1.807, 2.05) is 0 Å². The van der Waals surface area contributed by atoms with Crippen molar-refractivity contribution in [2.45, 2.75) is 25.4 Å². The molecule has 1 aromatic rings. The zero-order valence-electron chi connectivity index (χ0n) is 10.8. The third-order valence-corrected chi connectivity index (χ3v) is 3.51. The molecular formula is C14H17F2NO2. The molecule has 0 spiro atoms. The Morgan fingerprint density at radius 3 is 2.63 bits per heavy atom. The molecule has 1 saturated carbocycles. The van der Waals surface area contributed by atoms with Gasteiger partial charge in [-0.2, -0.15) is 0 Å². The summed E-state index contributed by atoms with van der Waals surface area (Å²) in [6, 6.07) is 3.49. The molecule has 0 heterocycles. The van der Waals surface area contributed by atoms with Gasteiger partial charge in [-0.3, -0.25) is 4.79 Å². The summed E-state index contributed by atoms with van der Waals surface area (Å²) in [5.41, 5.74) is 0.462. The molecule has 104 valence electrons. The molecule has 1 fully saturated rings. The van der Waals surface area contributed by atoms with Crippen molar-refractivity contribution >= 4 is 5.91 Å². The first-order valence-corrected chi connectivity index (χ1v) is 6.31. The predicted molar refractivity (Wildman–Crippen MR) is 66.4 cm³/mol. The highest BCUT2D eigenvalue weighted by molar-refractivity contribution is 5.78. The summed E-state index contributed by atoms with van der Waals surface area (Å²) in [5.74, 6) is -1.63. The molecule has 19 heavy (non-hydrogen) atoms. The van der Waals surface area contributed by atoms with Crippen LogP contribution in [-0.2, 0) is 11.2 Å². The Balaban J connectivity index is 1.87. The molecule has 0 atom stereocenters. The van der Waals surface area contributed by atoms with E-state index in [4.69, 9.17) is 0 Å². The van der Waals surface area contributed by atoms with Crippen LogP contribution in [0.1, 0.15) is 18.4 Å². The van der Waals surface area contributed by atoms with Gasteiger partial charge < -0.3 is 10.0 Å². The third kappa shape index (κ3) is 3.50. The maximum Gasteiger partial charge on any atom is 0.226 e. The topological polar surface area (TPSA) is 40.5 Å². The van der Waals surface area contributed by atoms with Crippen molar-refractivity contribution in [3.8, 4) is 0 Å². The van der Waals surface area contributed by atoms with Gasteiger partial charge in [-0.25, -0.2) is 8.78 Å². The first kappa shape index (κ1) is 13.9. The van der Waals surface area contributed by atoms with Crippen LogP contribution in [0.25, 0.3) is 0 Å². The fourth-order valence-electron chi connectivity index (χ4n) is 2.30. The lowest BCUT2D eigenvalue weighted by Crippen LogP contribution is -2.40. The maximum atomic E-state index is 13.0. The number of hydrogen-bond acceptors (Lipinski definition) is 2. The lowest BCUT2D eigenvalue weighted by atomic mass is 9.82. The second-order valence-corrected chi connectivity index (χ2v) is 5.19. The molecule has 3 nitrogen and oxygen atoms in total. The molecule has 5 heteroatoms. The SMILES string of the molecule is CN(CC1CC(O)C1)C(=O)Cc1ccc(F)c(F)c1. The molecule has 1 aliphatic rings. The third-order valence-electron chi connectivity index (χ3n) is 3.51. The molecule has 0 bridgehead atoms. The first-order valence-electron chi connectivity index (χ1n) is 6.31. The van der Waals surface area contributed by atoms with E-state index < -0.39 is 11.6 Å². The quantitative estimate of drug-likeness (QED) is 0.904. The maximum absolute atomic E-state index is 13.0. The molecule has 1 amide bonds. The van der Waals surface area contributed by atoms with Crippen LogP contribution < -0.4 is 0 Å². The zero-order chi connectivity index (χ0) is 14.0. The van der Waals surface area contributed by atoms with Gasteiger partial charge in [-0.1, -0.05) is 6.07 Å². The highest BCUT2D eigenvalue weighted by atomic mass is 19.2. The average molecular weight is 269 g/mol. The second kappa shape index (κ2) is 5.65. The highest BCUT2D eigenvalue weighted by Crippen LogP contribution is 2.27. The van der Waals surface area contributed by atoms with Gasteiger partial charge in [0.2, 0.25) is 5.91 Å². The molecule has 1 aliphatic carbocycles. The number of nitrogens with zero attached hydrogens (tertiary/aromatic N) is 1. The second-order valence-electron chi connectivity index (χ2n) is 5.19. The van der Waals surface area contributed by atoms with Gasteiger partial charge in [0, 0.05) is 13.6 Å². The van der Waals surface area contributed by atoms with E-state index in [0.717, 1.165) is 25.0 Å². The average Bonchev–Trinajstić information content (AvgIpc) is 2.31. The van der Waals surface area contributed by atoms with E-state index in [-0.39, 0.29) is 18.4 Å². The molecule has 0 unspecified atom stereocenters. The van der Waals surface area contributed by atoms with E-state index in [2.05, 4.69) is 0 Å². The van der Waals surface area contributed by atoms with Gasteiger partial charge in [-0.05, 0) is 36.5 Å². The van der Waals surface area contributed by atoms with Gasteiger partial charge in [0.15, 0.2) is 11.6 Å². The highest BCUT2D eigenvalue weighted by Gasteiger charge is 2.29. The van der Waals surface area contributed by atoms with Gasteiger partial charge in [0.25, 0.3) is 0 Å². The van der Waals surface area contributed by atoms with Gasteiger partial charge in [0.05, 0.1) is 12.5 Å². The fourth-order valence-corrected chi connectivity index (χ4v) is 2.30. The van der Waals surface area contributed by atoms with Crippen molar-refractivity contribution in [3.63, 3.8) is 0 Å². The van der Waals surface area contributed by atoms with Crippen LogP contribution in [-0.4, -0.2) is 35.6 Å². The molecular weight excluding hydrogens is 252 g/mol. The summed E-state index contributed by atoms with van der Waals surface area (Å²) in [6.45, 7) is 0.597. The largest absolute Gasteiger partial charge is 0.393 e. The lowest BCUT2D eigenvalue weighted by molar-refractivity contribution is -0.130. The molecule has 0 aliphatic heterocycles. The zero-order valence-corrected chi connectivity index (χ0v) is 10.8. The Hall–Kier alpha value is -1.49. The number of aliphatic hydroxyl groups excluding tert-OH is 1. The minimum atomic E-state index is -0.935. The van der Waals surface area contributed by atoms with E-state index >= 15 is 0 Å². The van der Waals surface area contributed by atoms with Gasteiger partial charge in [-0.15, -0.1) is 0 Å². The molecule has 2 rings (SSSR count). The number of aliphatic hydroxyl groups is 1. The van der Waals surface area contributed by atoms with Gasteiger partial charge in [0.1, 0.15) is 0 Å². The Morgan fingerprint density at radius 2 is 2.05 bits per heavy atom. The van der Waals surface area contributed by atoms with Crippen molar-refractivity contribution in [1.82, 2.24) is 4.90 Å². The molecule has 0 saturated heterocycles. The standard InChI is InChI=1S/C14H17F2NO2/c1-17(8-10-4-11(18)5-10)14(19)7-9-2-3-12(15)13(16)6-9/h2-3,6,10-11,18H,4-5,7-8H2,1H3. The van der Waals surface area contributed by atoms with Crippen molar-refractivity contribution in [1.29, 1.82) is 0 Å². The first-order chi connectivity index (χ1) is 8.95. The Morgan fingerprint density at radius 1 is 1.37 bits per heavy atom. The Kier molecular flexibility index (Phi) is 4.14. The van der Waals surface area contributed by atoms with Gasteiger partial charge >= 0.3 is 0 Å². The van der Waals surface area contributed by atoms with E-state index in [1.54, 1.807) is 11.9 Å². The number of likely N-dealkylation sites (N-methyl/N-ethyl adjacent to an activating group) is 1. The van der Waals surface area contributed by atoms with E-state index in [0.29, 0.717) is 18.0 Å². The summed E-state index contributed by atoms with van der Waals surface area (Å²) >= 11 is 0. The monoisotopic (exact) mass is 269 g/mol. The van der Waals surface area contributed by atoms with Crippen LogP contribution in [0.15, 0.2) is 18.2 Å². The summed E-state index contributed by atoms with van der Waals surface area (Å²) in [7, 11) is 1.69. The van der Waals surface area contributed by atoms with E-state index in [9.17, 15) is 18.7 Å². The van der Waals surface area contributed by atoms with Crippen molar-refractivity contribution in [3.05, 3.63) is 35.4 Å². The molecule has 0 aromatic heterocycles. The number of hydrogen-bond donors (Lipinski definition) is 1. The minimum Gasteiger partial charge on any atom is -0.393 e. The van der Waals surface area contributed by atoms with Crippen molar-refractivity contribution < 1.29 is 18.7 Å². The molecule has 1 N–H and O–H groups in total. The van der Waals surface area contributed by atoms with E-state index in [1.165, 1.54) is 6.07 Å². The van der Waals surface area contributed by atoms with Crippen LogP contribution in [0, 0.1) is 17.6 Å². The predicted octanol–water partition coefficient (Wildman–Crippen LogP) is 1.74. The van der Waals surface area contributed by atoms with Crippen LogP contribution in [0.4, 0.5) is 8.78 Å².